The van der Waals surface area contributed by atoms with E-state index in [1.165, 1.54) is 11.6 Å². The summed E-state index contributed by atoms with van der Waals surface area (Å²) < 4.78 is 14.3. The summed E-state index contributed by atoms with van der Waals surface area (Å²) in [6.07, 6.45) is 0. The highest BCUT2D eigenvalue weighted by Crippen LogP contribution is 2.29. The summed E-state index contributed by atoms with van der Waals surface area (Å²) >= 11 is 3.48. The molecule has 0 amide bonds. The third-order valence-electron chi connectivity index (χ3n) is 2.93. The topological polar surface area (TPSA) is 12.0 Å². The minimum Gasteiger partial charge on any atom is -0.309 e. The molecular formula is C15H15BrFN. The van der Waals surface area contributed by atoms with Crippen molar-refractivity contribution in [3.63, 3.8) is 0 Å². The largest absolute Gasteiger partial charge is 0.309 e. The van der Waals surface area contributed by atoms with Gasteiger partial charge in [0.15, 0.2) is 0 Å². The van der Waals surface area contributed by atoms with E-state index < -0.39 is 0 Å². The number of nitrogens with one attached hydrogen (secondary N) is 1. The van der Waals surface area contributed by atoms with E-state index in [1.54, 1.807) is 12.1 Å². The van der Waals surface area contributed by atoms with E-state index in [0.29, 0.717) is 0 Å². The highest BCUT2D eigenvalue weighted by Gasteiger charge is 2.15. The number of benzene rings is 2. The molecule has 2 aromatic rings. The number of halogens is 2. The molecule has 0 saturated heterocycles. The van der Waals surface area contributed by atoms with Crippen molar-refractivity contribution in [2.24, 2.45) is 0 Å². The molecule has 0 saturated carbocycles. The number of aryl methyl sites for hydroxylation is 1. The smallest absolute Gasteiger partial charge is 0.123 e. The van der Waals surface area contributed by atoms with E-state index in [0.717, 1.165) is 15.6 Å². The highest BCUT2D eigenvalue weighted by atomic mass is 79.9. The van der Waals surface area contributed by atoms with E-state index >= 15 is 0 Å². The fraction of sp³-hybridized carbons (Fsp3) is 0.200. The molecule has 0 aromatic heterocycles. The van der Waals surface area contributed by atoms with Gasteiger partial charge in [0.25, 0.3) is 0 Å². The summed E-state index contributed by atoms with van der Waals surface area (Å²) in [7, 11) is 1.88. The van der Waals surface area contributed by atoms with Crippen molar-refractivity contribution in [2.45, 2.75) is 13.0 Å². The van der Waals surface area contributed by atoms with Crippen LogP contribution in [0.1, 0.15) is 22.7 Å². The summed E-state index contributed by atoms with van der Waals surface area (Å²) in [6.45, 7) is 2.05. The molecule has 1 atom stereocenters. The minimum absolute atomic E-state index is 0.0185. The lowest BCUT2D eigenvalue weighted by Gasteiger charge is -2.19. The van der Waals surface area contributed by atoms with E-state index in [9.17, 15) is 4.39 Å². The molecule has 1 unspecified atom stereocenters. The predicted octanol–water partition coefficient (Wildman–Crippen LogP) is 4.21. The van der Waals surface area contributed by atoms with E-state index in [-0.39, 0.29) is 11.9 Å². The van der Waals surface area contributed by atoms with Crippen LogP contribution in [-0.4, -0.2) is 7.05 Å². The SMILES string of the molecule is CNC(c1cccc(C)c1)c1cc(F)ccc1Br. The first kappa shape index (κ1) is 13.2. The molecule has 18 heavy (non-hydrogen) atoms. The number of hydrogen-bond acceptors (Lipinski definition) is 1. The Hall–Kier alpha value is -1.19. The molecule has 94 valence electrons. The zero-order chi connectivity index (χ0) is 13.1. The van der Waals surface area contributed by atoms with Crippen LogP contribution < -0.4 is 5.32 Å². The zero-order valence-electron chi connectivity index (χ0n) is 10.4. The Morgan fingerprint density at radius 2 is 1.94 bits per heavy atom. The first-order valence-corrected chi connectivity index (χ1v) is 6.60. The molecule has 0 spiro atoms. The lowest BCUT2D eigenvalue weighted by molar-refractivity contribution is 0.615. The van der Waals surface area contributed by atoms with Gasteiger partial charge in [-0.05, 0) is 43.3 Å². The van der Waals surface area contributed by atoms with Crippen molar-refractivity contribution in [2.75, 3.05) is 7.05 Å². The van der Waals surface area contributed by atoms with Crippen LogP contribution >= 0.6 is 15.9 Å². The van der Waals surface area contributed by atoms with Gasteiger partial charge in [0.05, 0.1) is 6.04 Å². The highest BCUT2D eigenvalue weighted by molar-refractivity contribution is 9.10. The first-order chi connectivity index (χ1) is 8.61. The maximum atomic E-state index is 13.4. The maximum Gasteiger partial charge on any atom is 0.123 e. The van der Waals surface area contributed by atoms with Gasteiger partial charge in [0.1, 0.15) is 5.82 Å². The number of rotatable bonds is 3. The Kier molecular flexibility index (Phi) is 4.15. The van der Waals surface area contributed by atoms with E-state index in [4.69, 9.17) is 0 Å². The van der Waals surface area contributed by atoms with Crippen molar-refractivity contribution < 1.29 is 4.39 Å². The standard InChI is InChI=1S/C15H15BrFN/c1-10-4-3-5-11(8-10)15(18-2)13-9-12(17)6-7-14(13)16/h3-9,15,18H,1-2H3. The second kappa shape index (κ2) is 5.63. The summed E-state index contributed by atoms with van der Waals surface area (Å²) in [5.74, 6) is -0.221. The summed E-state index contributed by atoms with van der Waals surface area (Å²) in [6, 6.07) is 13.0. The van der Waals surface area contributed by atoms with Crippen LogP contribution in [-0.2, 0) is 0 Å². The monoisotopic (exact) mass is 307 g/mol. The van der Waals surface area contributed by atoms with Crippen molar-refractivity contribution in [3.05, 3.63) is 69.4 Å². The lowest BCUT2D eigenvalue weighted by Crippen LogP contribution is -2.18. The summed E-state index contributed by atoms with van der Waals surface area (Å²) in [4.78, 5) is 0. The molecule has 3 heteroatoms. The molecule has 2 rings (SSSR count). The van der Waals surface area contributed by atoms with Crippen LogP contribution in [0, 0.1) is 12.7 Å². The average molecular weight is 308 g/mol. The predicted molar refractivity (Wildman–Crippen MR) is 76.2 cm³/mol. The first-order valence-electron chi connectivity index (χ1n) is 5.80. The van der Waals surface area contributed by atoms with Crippen molar-refractivity contribution in [1.29, 1.82) is 0 Å². The Bertz CT molecular complexity index is 554. The van der Waals surface area contributed by atoms with Crippen LogP contribution in [0.2, 0.25) is 0 Å². The summed E-state index contributed by atoms with van der Waals surface area (Å²) in [5.41, 5.74) is 3.23. The Balaban J connectivity index is 2.48. The second-order valence-electron chi connectivity index (χ2n) is 4.30. The molecular weight excluding hydrogens is 293 g/mol. The van der Waals surface area contributed by atoms with Gasteiger partial charge in [-0.1, -0.05) is 45.8 Å². The summed E-state index contributed by atoms with van der Waals surface area (Å²) in [5, 5.41) is 3.23. The molecule has 0 fully saturated rings. The molecule has 0 heterocycles. The van der Waals surface area contributed by atoms with Gasteiger partial charge in [-0.3, -0.25) is 0 Å². The zero-order valence-corrected chi connectivity index (χ0v) is 12.0. The second-order valence-corrected chi connectivity index (χ2v) is 5.16. The molecule has 0 aliphatic rings. The molecule has 0 bridgehead atoms. The Morgan fingerprint density at radius 3 is 2.61 bits per heavy atom. The molecule has 0 radical (unpaired) electrons. The molecule has 0 aliphatic carbocycles. The quantitative estimate of drug-likeness (QED) is 0.896. The van der Waals surface area contributed by atoms with Crippen LogP contribution in [0.3, 0.4) is 0 Å². The fourth-order valence-electron chi connectivity index (χ4n) is 2.09. The van der Waals surface area contributed by atoms with Gasteiger partial charge in [-0.2, -0.15) is 0 Å². The van der Waals surface area contributed by atoms with Gasteiger partial charge < -0.3 is 5.32 Å². The van der Waals surface area contributed by atoms with Gasteiger partial charge in [-0.25, -0.2) is 4.39 Å². The fourth-order valence-corrected chi connectivity index (χ4v) is 2.56. The van der Waals surface area contributed by atoms with Crippen LogP contribution in [0.4, 0.5) is 4.39 Å². The van der Waals surface area contributed by atoms with Crippen LogP contribution in [0.5, 0.6) is 0 Å². The van der Waals surface area contributed by atoms with Gasteiger partial charge in [0.2, 0.25) is 0 Å². The third kappa shape index (κ3) is 2.79. The maximum absolute atomic E-state index is 13.4. The molecule has 1 N–H and O–H groups in total. The lowest BCUT2D eigenvalue weighted by atomic mass is 9.97. The normalized spacial score (nSPS) is 12.4. The van der Waals surface area contributed by atoms with Crippen molar-refractivity contribution in [3.8, 4) is 0 Å². The Labute approximate surface area is 115 Å². The number of hydrogen-bond donors (Lipinski definition) is 1. The molecule has 0 aliphatic heterocycles. The van der Waals surface area contributed by atoms with Gasteiger partial charge in [0, 0.05) is 4.47 Å². The third-order valence-corrected chi connectivity index (χ3v) is 3.66. The molecule has 1 nitrogen and oxygen atoms in total. The van der Waals surface area contributed by atoms with E-state index in [2.05, 4.69) is 40.3 Å². The van der Waals surface area contributed by atoms with Crippen LogP contribution in [0.25, 0.3) is 0 Å². The Morgan fingerprint density at radius 1 is 1.17 bits per heavy atom. The van der Waals surface area contributed by atoms with Gasteiger partial charge in [-0.15, -0.1) is 0 Å². The minimum atomic E-state index is -0.221. The van der Waals surface area contributed by atoms with Crippen LogP contribution in [0.15, 0.2) is 46.9 Å². The van der Waals surface area contributed by atoms with E-state index in [1.807, 2.05) is 19.2 Å². The van der Waals surface area contributed by atoms with Crippen molar-refractivity contribution in [1.82, 2.24) is 5.32 Å². The van der Waals surface area contributed by atoms with Crippen molar-refractivity contribution >= 4 is 15.9 Å². The molecule has 2 aromatic carbocycles. The van der Waals surface area contributed by atoms with Gasteiger partial charge >= 0.3 is 0 Å². The average Bonchev–Trinajstić information content (AvgIpc) is 2.35.